The van der Waals surface area contributed by atoms with Crippen molar-refractivity contribution in [1.29, 1.82) is 0 Å². The molecule has 1 aromatic rings. The molecule has 0 atom stereocenters. The number of phenolic OH excluding ortho intramolecular Hbond substituents is 1. The van der Waals surface area contributed by atoms with Crippen LogP contribution in [0, 0.1) is 0 Å². The number of hydrogen-bond acceptors (Lipinski definition) is 3. The zero-order chi connectivity index (χ0) is 10.1. The van der Waals surface area contributed by atoms with Gasteiger partial charge in [0.1, 0.15) is 5.75 Å². The van der Waals surface area contributed by atoms with Gasteiger partial charge in [0.25, 0.3) is 0 Å². The predicted octanol–water partition coefficient (Wildman–Crippen LogP) is 2.02. The zero-order valence-electron chi connectivity index (χ0n) is 8.16. The Kier molecular flexibility index (Phi) is 6.73. The molecule has 0 aliphatic rings. The minimum Gasteiger partial charge on any atom is -0.506 e. The third-order valence-corrected chi connectivity index (χ3v) is 1.35. The summed E-state index contributed by atoms with van der Waals surface area (Å²) in [5.74, 6) is 0.146. The third-order valence-electron chi connectivity index (χ3n) is 1.35. The summed E-state index contributed by atoms with van der Waals surface area (Å²) in [6.45, 7) is 5.67. The van der Waals surface area contributed by atoms with Gasteiger partial charge in [-0.2, -0.15) is 0 Å². The largest absolute Gasteiger partial charge is 0.506 e. The number of nitrogen functional groups attached to an aromatic ring is 1. The average Bonchev–Trinajstić information content (AvgIpc) is 2.13. The van der Waals surface area contributed by atoms with Crippen LogP contribution in [0.1, 0.15) is 13.8 Å². The molecular weight excluding hydrogens is 166 g/mol. The second-order valence-corrected chi connectivity index (χ2v) is 2.34. The average molecular weight is 183 g/mol. The van der Waals surface area contributed by atoms with Gasteiger partial charge in [-0.25, -0.2) is 0 Å². The molecule has 0 radical (unpaired) electrons. The molecule has 1 aromatic carbocycles. The van der Waals surface area contributed by atoms with E-state index in [0.29, 0.717) is 5.69 Å². The Balaban J connectivity index is 0.000000252. The van der Waals surface area contributed by atoms with E-state index in [1.807, 2.05) is 13.8 Å². The maximum Gasteiger partial charge on any atom is 0.138 e. The molecule has 13 heavy (non-hydrogen) atoms. The fraction of sp³-hybridized carbons (Fsp3) is 0.400. The van der Waals surface area contributed by atoms with Gasteiger partial charge >= 0.3 is 0 Å². The lowest BCUT2D eigenvalue weighted by molar-refractivity contribution is 0.162. The van der Waals surface area contributed by atoms with E-state index in [0.717, 1.165) is 13.2 Å². The van der Waals surface area contributed by atoms with Crippen molar-refractivity contribution in [3.05, 3.63) is 24.3 Å². The van der Waals surface area contributed by atoms with Crippen LogP contribution in [0.3, 0.4) is 0 Å². The van der Waals surface area contributed by atoms with Crippen molar-refractivity contribution in [2.24, 2.45) is 0 Å². The van der Waals surface area contributed by atoms with Gasteiger partial charge in [-0.05, 0) is 26.0 Å². The van der Waals surface area contributed by atoms with Crippen molar-refractivity contribution >= 4 is 5.69 Å². The summed E-state index contributed by atoms with van der Waals surface area (Å²) >= 11 is 0. The summed E-state index contributed by atoms with van der Waals surface area (Å²) in [4.78, 5) is 0. The number of aromatic hydroxyl groups is 1. The molecule has 0 saturated heterocycles. The van der Waals surface area contributed by atoms with E-state index in [4.69, 9.17) is 15.6 Å². The molecule has 0 spiro atoms. The summed E-state index contributed by atoms with van der Waals surface area (Å²) in [5.41, 5.74) is 5.69. The van der Waals surface area contributed by atoms with Gasteiger partial charge in [0, 0.05) is 13.2 Å². The summed E-state index contributed by atoms with van der Waals surface area (Å²) < 4.78 is 4.83. The summed E-state index contributed by atoms with van der Waals surface area (Å²) in [7, 11) is 0. The normalized spacial score (nSPS) is 8.77. The maximum absolute atomic E-state index is 8.79. The quantitative estimate of drug-likeness (QED) is 0.544. The number of ether oxygens (including phenoxy) is 1. The molecule has 3 nitrogen and oxygen atoms in total. The zero-order valence-corrected chi connectivity index (χ0v) is 8.16. The number of phenols is 1. The number of hydrogen-bond donors (Lipinski definition) is 2. The lowest BCUT2D eigenvalue weighted by atomic mass is 10.3. The van der Waals surface area contributed by atoms with Gasteiger partial charge in [-0.15, -0.1) is 0 Å². The van der Waals surface area contributed by atoms with Crippen LogP contribution in [-0.2, 0) is 4.74 Å². The number of rotatable bonds is 2. The van der Waals surface area contributed by atoms with Crippen LogP contribution in [0.4, 0.5) is 5.69 Å². The van der Waals surface area contributed by atoms with Gasteiger partial charge in [0.05, 0.1) is 5.69 Å². The summed E-state index contributed by atoms with van der Waals surface area (Å²) in [5, 5.41) is 8.79. The molecule has 0 heterocycles. The highest BCUT2D eigenvalue weighted by molar-refractivity contribution is 5.50. The van der Waals surface area contributed by atoms with Crippen molar-refractivity contribution in [2.75, 3.05) is 18.9 Å². The molecule has 0 bridgehead atoms. The van der Waals surface area contributed by atoms with Gasteiger partial charge < -0.3 is 15.6 Å². The van der Waals surface area contributed by atoms with Crippen LogP contribution < -0.4 is 5.73 Å². The smallest absolute Gasteiger partial charge is 0.138 e. The second kappa shape index (κ2) is 7.43. The van der Waals surface area contributed by atoms with Crippen LogP contribution in [0.15, 0.2) is 24.3 Å². The number of nitrogens with two attached hydrogens (primary N) is 1. The SMILES string of the molecule is CCOCC.Nc1ccccc1O. The standard InChI is InChI=1S/C6H7NO.C4H10O/c7-5-3-1-2-4-6(5)8;1-3-5-4-2/h1-4,8H,7H2;3-4H2,1-2H3. The van der Waals surface area contributed by atoms with E-state index in [1.165, 1.54) is 0 Å². The summed E-state index contributed by atoms with van der Waals surface area (Å²) in [6.07, 6.45) is 0. The highest BCUT2D eigenvalue weighted by Gasteiger charge is 1.87. The molecule has 0 amide bonds. The third kappa shape index (κ3) is 5.99. The topological polar surface area (TPSA) is 55.5 Å². The number of para-hydroxylation sites is 2. The fourth-order valence-corrected chi connectivity index (χ4v) is 0.692. The van der Waals surface area contributed by atoms with E-state index < -0.39 is 0 Å². The Hall–Kier alpha value is -1.22. The van der Waals surface area contributed by atoms with E-state index in [2.05, 4.69) is 0 Å². The van der Waals surface area contributed by atoms with Gasteiger partial charge in [0.2, 0.25) is 0 Å². The lowest BCUT2D eigenvalue weighted by Gasteiger charge is -1.92. The first-order valence-electron chi connectivity index (χ1n) is 4.33. The fourth-order valence-electron chi connectivity index (χ4n) is 0.692. The monoisotopic (exact) mass is 183 g/mol. The van der Waals surface area contributed by atoms with Gasteiger partial charge in [-0.3, -0.25) is 0 Å². The molecular formula is C10H17NO2. The van der Waals surface area contributed by atoms with E-state index in [9.17, 15) is 0 Å². The molecule has 3 heteroatoms. The van der Waals surface area contributed by atoms with E-state index >= 15 is 0 Å². The molecule has 0 aliphatic heterocycles. The first-order chi connectivity index (χ1) is 6.22. The second-order valence-electron chi connectivity index (χ2n) is 2.34. The Morgan fingerprint density at radius 2 is 1.77 bits per heavy atom. The predicted molar refractivity (Wildman–Crippen MR) is 54.7 cm³/mol. The van der Waals surface area contributed by atoms with Crippen molar-refractivity contribution in [3.8, 4) is 5.75 Å². The highest BCUT2D eigenvalue weighted by Crippen LogP contribution is 2.16. The number of anilines is 1. The lowest BCUT2D eigenvalue weighted by Crippen LogP contribution is -1.84. The van der Waals surface area contributed by atoms with E-state index in [1.54, 1.807) is 24.3 Å². The van der Waals surface area contributed by atoms with Crippen molar-refractivity contribution in [3.63, 3.8) is 0 Å². The Bertz CT molecular complexity index is 203. The minimum atomic E-state index is 0.146. The van der Waals surface area contributed by atoms with Crippen LogP contribution in [0.2, 0.25) is 0 Å². The molecule has 0 fully saturated rings. The van der Waals surface area contributed by atoms with Crippen LogP contribution in [0.25, 0.3) is 0 Å². The van der Waals surface area contributed by atoms with Gasteiger partial charge in [-0.1, -0.05) is 12.1 Å². The van der Waals surface area contributed by atoms with Crippen molar-refractivity contribution < 1.29 is 9.84 Å². The molecule has 0 aliphatic carbocycles. The van der Waals surface area contributed by atoms with Crippen LogP contribution in [-0.4, -0.2) is 18.3 Å². The molecule has 0 aromatic heterocycles. The molecule has 3 N–H and O–H groups in total. The Morgan fingerprint density at radius 3 is 2.00 bits per heavy atom. The Morgan fingerprint density at radius 1 is 1.23 bits per heavy atom. The van der Waals surface area contributed by atoms with E-state index in [-0.39, 0.29) is 5.75 Å². The molecule has 74 valence electrons. The Labute approximate surface area is 79.1 Å². The van der Waals surface area contributed by atoms with Gasteiger partial charge in [0.15, 0.2) is 0 Å². The first kappa shape index (κ1) is 11.8. The van der Waals surface area contributed by atoms with Crippen LogP contribution in [0.5, 0.6) is 5.75 Å². The van der Waals surface area contributed by atoms with Crippen molar-refractivity contribution in [2.45, 2.75) is 13.8 Å². The van der Waals surface area contributed by atoms with Crippen LogP contribution >= 0.6 is 0 Å². The van der Waals surface area contributed by atoms with Crippen molar-refractivity contribution in [1.82, 2.24) is 0 Å². The molecule has 0 unspecified atom stereocenters. The number of benzene rings is 1. The summed E-state index contributed by atoms with van der Waals surface area (Å²) in [6, 6.07) is 6.70. The minimum absolute atomic E-state index is 0.146. The molecule has 1 rings (SSSR count). The first-order valence-corrected chi connectivity index (χ1v) is 4.33. The highest BCUT2D eigenvalue weighted by atomic mass is 16.5. The molecule has 0 saturated carbocycles. The maximum atomic E-state index is 8.79.